The molecule has 3 heteroatoms. The molecule has 2 rings (SSSR count). The number of carbonyl (C=O) groups is 1. The molecule has 0 aliphatic carbocycles. The Hall–Kier alpha value is -1.90. The Morgan fingerprint density at radius 2 is 1.94 bits per heavy atom. The Morgan fingerprint density at radius 3 is 2.50 bits per heavy atom. The summed E-state index contributed by atoms with van der Waals surface area (Å²) >= 11 is 0. The van der Waals surface area contributed by atoms with Crippen molar-refractivity contribution in [1.82, 2.24) is 5.16 Å². The van der Waals surface area contributed by atoms with Crippen LogP contribution in [0.15, 0.2) is 35.1 Å². The van der Waals surface area contributed by atoms with Crippen molar-refractivity contribution in [2.75, 3.05) is 0 Å². The van der Waals surface area contributed by atoms with Crippen LogP contribution in [0.2, 0.25) is 0 Å². The van der Waals surface area contributed by atoms with E-state index in [9.17, 15) is 4.79 Å². The third-order valence-corrected chi connectivity index (χ3v) is 2.57. The van der Waals surface area contributed by atoms with E-state index in [-0.39, 0.29) is 0 Å². The minimum atomic E-state index is 0.484. The molecule has 2 aromatic rings. The molecule has 1 aromatic heterocycles. The van der Waals surface area contributed by atoms with Gasteiger partial charge in [-0.25, -0.2) is 0 Å². The molecule has 0 atom stereocenters. The van der Waals surface area contributed by atoms with Gasteiger partial charge in [-0.15, -0.1) is 0 Å². The second-order valence-corrected chi connectivity index (χ2v) is 4.01. The summed E-state index contributed by atoms with van der Waals surface area (Å²) < 4.78 is 4.79. The van der Waals surface area contributed by atoms with Gasteiger partial charge in [0.05, 0.1) is 5.56 Å². The number of aldehydes is 1. The Morgan fingerprint density at radius 1 is 1.25 bits per heavy atom. The van der Waals surface area contributed by atoms with Crippen molar-refractivity contribution in [2.45, 2.75) is 19.8 Å². The van der Waals surface area contributed by atoms with Gasteiger partial charge in [-0.05, 0) is 11.5 Å². The Labute approximate surface area is 94.1 Å². The van der Waals surface area contributed by atoms with E-state index in [1.54, 1.807) is 0 Å². The van der Waals surface area contributed by atoms with Gasteiger partial charge >= 0.3 is 0 Å². The number of carbonyl (C=O) groups excluding carboxylic acids is 1. The van der Waals surface area contributed by atoms with Gasteiger partial charge in [0, 0.05) is 5.56 Å². The first-order chi connectivity index (χ1) is 7.72. The standard InChI is InChI=1S/C13H13NO2/c1-9(2)10-3-5-11(6-4-10)13-12(7-15)8-16-14-13/h3-9H,1-2H3. The van der Waals surface area contributed by atoms with E-state index < -0.39 is 0 Å². The average molecular weight is 215 g/mol. The molecule has 0 fully saturated rings. The van der Waals surface area contributed by atoms with E-state index in [0.717, 1.165) is 11.8 Å². The lowest BCUT2D eigenvalue weighted by molar-refractivity contribution is 0.112. The summed E-state index contributed by atoms with van der Waals surface area (Å²) in [7, 11) is 0. The van der Waals surface area contributed by atoms with E-state index in [4.69, 9.17) is 4.52 Å². The van der Waals surface area contributed by atoms with Gasteiger partial charge in [0.15, 0.2) is 6.29 Å². The van der Waals surface area contributed by atoms with Gasteiger partial charge in [0.2, 0.25) is 0 Å². The molecule has 0 unspecified atom stereocenters. The number of hydrogen-bond donors (Lipinski definition) is 0. The number of nitrogens with zero attached hydrogens (tertiary/aromatic N) is 1. The maximum atomic E-state index is 10.7. The van der Waals surface area contributed by atoms with Gasteiger partial charge in [-0.1, -0.05) is 43.3 Å². The molecule has 0 bridgehead atoms. The smallest absolute Gasteiger partial charge is 0.155 e. The molecule has 1 heterocycles. The SMILES string of the molecule is CC(C)c1ccc(-c2nocc2C=O)cc1. The predicted molar refractivity (Wildman–Crippen MR) is 61.4 cm³/mol. The van der Waals surface area contributed by atoms with Crippen LogP contribution in [-0.2, 0) is 0 Å². The lowest BCUT2D eigenvalue weighted by Gasteiger charge is -2.05. The molecular weight excluding hydrogens is 202 g/mol. The number of hydrogen-bond acceptors (Lipinski definition) is 3. The highest BCUT2D eigenvalue weighted by Crippen LogP contribution is 2.23. The van der Waals surface area contributed by atoms with Crippen LogP contribution in [0.1, 0.15) is 35.7 Å². The van der Waals surface area contributed by atoms with Crippen molar-refractivity contribution in [2.24, 2.45) is 0 Å². The molecule has 0 radical (unpaired) electrons. The van der Waals surface area contributed by atoms with Crippen LogP contribution in [0.25, 0.3) is 11.3 Å². The third-order valence-electron chi connectivity index (χ3n) is 2.57. The van der Waals surface area contributed by atoms with Crippen molar-refractivity contribution in [3.63, 3.8) is 0 Å². The zero-order valence-electron chi connectivity index (χ0n) is 9.31. The Kier molecular flexibility index (Phi) is 2.86. The topological polar surface area (TPSA) is 43.1 Å². The normalized spacial score (nSPS) is 10.7. The fourth-order valence-corrected chi connectivity index (χ4v) is 1.57. The van der Waals surface area contributed by atoms with Crippen LogP contribution >= 0.6 is 0 Å². The number of aromatic nitrogens is 1. The number of benzene rings is 1. The summed E-state index contributed by atoms with van der Waals surface area (Å²) in [6.45, 7) is 4.28. The van der Waals surface area contributed by atoms with Crippen LogP contribution in [0.3, 0.4) is 0 Å². The molecule has 16 heavy (non-hydrogen) atoms. The van der Waals surface area contributed by atoms with E-state index in [2.05, 4.69) is 19.0 Å². The predicted octanol–water partition coefficient (Wildman–Crippen LogP) is 3.28. The highest BCUT2D eigenvalue weighted by atomic mass is 16.5. The minimum Gasteiger partial charge on any atom is -0.363 e. The highest BCUT2D eigenvalue weighted by molar-refractivity contribution is 5.84. The highest BCUT2D eigenvalue weighted by Gasteiger charge is 2.09. The van der Waals surface area contributed by atoms with Crippen molar-refractivity contribution in [1.29, 1.82) is 0 Å². The lowest BCUT2D eigenvalue weighted by atomic mass is 10.00. The van der Waals surface area contributed by atoms with Crippen molar-refractivity contribution in [3.05, 3.63) is 41.7 Å². The molecule has 1 aromatic carbocycles. The lowest BCUT2D eigenvalue weighted by Crippen LogP contribution is -1.88. The molecule has 0 amide bonds. The van der Waals surface area contributed by atoms with Gasteiger partial charge in [-0.3, -0.25) is 4.79 Å². The first-order valence-electron chi connectivity index (χ1n) is 5.22. The van der Waals surface area contributed by atoms with Crippen LogP contribution in [0.5, 0.6) is 0 Å². The monoisotopic (exact) mass is 215 g/mol. The number of rotatable bonds is 3. The molecule has 0 N–H and O–H groups in total. The summed E-state index contributed by atoms with van der Waals surface area (Å²) in [6, 6.07) is 8.01. The second-order valence-electron chi connectivity index (χ2n) is 4.01. The summed E-state index contributed by atoms with van der Waals surface area (Å²) in [5.74, 6) is 0.497. The van der Waals surface area contributed by atoms with Gasteiger partial charge in [0.25, 0.3) is 0 Å². The fraction of sp³-hybridized carbons (Fsp3) is 0.231. The second kappa shape index (κ2) is 4.31. The summed E-state index contributed by atoms with van der Waals surface area (Å²) in [6.07, 6.45) is 2.11. The van der Waals surface area contributed by atoms with Crippen molar-refractivity contribution in [3.8, 4) is 11.3 Å². The molecule has 82 valence electrons. The van der Waals surface area contributed by atoms with Crippen molar-refractivity contribution < 1.29 is 9.32 Å². The van der Waals surface area contributed by atoms with Crippen LogP contribution in [0, 0.1) is 0 Å². The Bertz CT molecular complexity index is 483. The first-order valence-corrected chi connectivity index (χ1v) is 5.22. The summed E-state index contributed by atoms with van der Waals surface area (Å²) in [5.41, 5.74) is 3.25. The maximum absolute atomic E-state index is 10.7. The summed E-state index contributed by atoms with van der Waals surface area (Å²) in [5, 5.41) is 3.83. The third kappa shape index (κ3) is 1.89. The molecule has 0 saturated heterocycles. The molecule has 0 aliphatic rings. The van der Waals surface area contributed by atoms with Crippen LogP contribution in [-0.4, -0.2) is 11.4 Å². The fourth-order valence-electron chi connectivity index (χ4n) is 1.57. The minimum absolute atomic E-state index is 0.484. The maximum Gasteiger partial charge on any atom is 0.155 e. The molecular formula is C13H13NO2. The molecule has 0 saturated carbocycles. The average Bonchev–Trinajstić information content (AvgIpc) is 2.77. The summed E-state index contributed by atoms with van der Waals surface area (Å²) in [4.78, 5) is 10.7. The van der Waals surface area contributed by atoms with Gasteiger partial charge < -0.3 is 4.52 Å². The molecule has 0 aliphatic heterocycles. The van der Waals surface area contributed by atoms with Crippen molar-refractivity contribution >= 4 is 6.29 Å². The van der Waals surface area contributed by atoms with Crippen LogP contribution in [0.4, 0.5) is 0 Å². The van der Waals surface area contributed by atoms with E-state index in [1.807, 2.05) is 24.3 Å². The largest absolute Gasteiger partial charge is 0.363 e. The zero-order valence-corrected chi connectivity index (χ0v) is 9.31. The van der Waals surface area contributed by atoms with E-state index in [1.165, 1.54) is 11.8 Å². The van der Waals surface area contributed by atoms with E-state index in [0.29, 0.717) is 17.2 Å². The quantitative estimate of drug-likeness (QED) is 0.738. The zero-order chi connectivity index (χ0) is 11.5. The van der Waals surface area contributed by atoms with Gasteiger partial charge in [-0.2, -0.15) is 0 Å². The Balaban J connectivity index is 2.38. The molecule has 0 spiro atoms. The molecule has 3 nitrogen and oxygen atoms in total. The van der Waals surface area contributed by atoms with E-state index >= 15 is 0 Å². The van der Waals surface area contributed by atoms with Crippen LogP contribution < -0.4 is 0 Å². The first kappa shape index (κ1) is 10.6. The van der Waals surface area contributed by atoms with Gasteiger partial charge in [0.1, 0.15) is 12.0 Å².